The van der Waals surface area contributed by atoms with E-state index < -0.39 is 11.6 Å². The van der Waals surface area contributed by atoms with Crippen LogP contribution in [0.15, 0.2) is 47.6 Å². The van der Waals surface area contributed by atoms with Crippen molar-refractivity contribution in [3.63, 3.8) is 0 Å². The number of aliphatic hydroxyl groups is 1. The Labute approximate surface area is 192 Å². The van der Waals surface area contributed by atoms with E-state index in [2.05, 4.69) is 41.5 Å². The summed E-state index contributed by atoms with van der Waals surface area (Å²) in [7, 11) is 1.68. The summed E-state index contributed by atoms with van der Waals surface area (Å²) >= 11 is 0. The molecule has 5 rings (SSSR count). The van der Waals surface area contributed by atoms with Gasteiger partial charge in [0.15, 0.2) is 17.4 Å². The van der Waals surface area contributed by atoms with Gasteiger partial charge in [-0.25, -0.2) is 14.4 Å². The van der Waals surface area contributed by atoms with Gasteiger partial charge in [-0.05, 0) is 51.0 Å². The molecule has 2 aliphatic carbocycles. The molecular formula is C25H29FN6O. The van der Waals surface area contributed by atoms with Gasteiger partial charge in [-0.3, -0.25) is 5.41 Å². The van der Waals surface area contributed by atoms with E-state index in [4.69, 9.17) is 15.4 Å². The van der Waals surface area contributed by atoms with Crippen LogP contribution in [0.3, 0.4) is 0 Å². The van der Waals surface area contributed by atoms with E-state index in [1.54, 1.807) is 13.1 Å². The van der Waals surface area contributed by atoms with Crippen LogP contribution in [0.1, 0.15) is 44.1 Å². The molecule has 0 amide bonds. The van der Waals surface area contributed by atoms with Gasteiger partial charge >= 0.3 is 0 Å². The largest absolute Gasteiger partial charge is 0.504 e. The molecule has 0 radical (unpaired) electrons. The van der Waals surface area contributed by atoms with Crippen LogP contribution in [0, 0.1) is 5.41 Å². The van der Waals surface area contributed by atoms with E-state index in [-0.39, 0.29) is 17.1 Å². The number of benzene rings is 1. The zero-order valence-electron chi connectivity index (χ0n) is 19.1. The van der Waals surface area contributed by atoms with E-state index in [9.17, 15) is 9.50 Å². The number of aliphatic hydroxyl groups excluding tert-OH is 1. The number of piperazine rings is 1. The molecule has 1 saturated carbocycles. The van der Waals surface area contributed by atoms with Crippen LogP contribution in [0.4, 0.5) is 10.1 Å². The van der Waals surface area contributed by atoms with Crippen LogP contribution in [0.2, 0.25) is 0 Å². The van der Waals surface area contributed by atoms with Crippen LogP contribution in [0.25, 0.3) is 16.5 Å². The highest BCUT2D eigenvalue weighted by molar-refractivity contribution is 6.16. The molecule has 8 heteroatoms. The van der Waals surface area contributed by atoms with Gasteiger partial charge in [0.1, 0.15) is 5.71 Å². The molecule has 1 aromatic carbocycles. The normalized spacial score (nSPS) is 25.1. The predicted molar refractivity (Wildman–Crippen MR) is 129 cm³/mol. The molecule has 4 N–H and O–H groups in total. The Balaban J connectivity index is 1.61. The maximum absolute atomic E-state index is 14.6. The first-order chi connectivity index (χ1) is 15.9. The third kappa shape index (κ3) is 3.99. The SMILES string of the molecule is CN/C=C1/C=C(c2nc(C3CC3)c3cc(N4CC(C)NC(C)C4)ccc3n2)C(O)=C(F)C1=N. The van der Waals surface area contributed by atoms with E-state index in [1.165, 1.54) is 6.20 Å². The van der Waals surface area contributed by atoms with Gasteiger partial charge in [0.05, 0.1) is 16.8 Å². The minimum absolute atomic E-state index is 0.197. The number of allylic oxidation sites excluding steroid dienone is 4. The van der Waals surface area contributed by atoms with Gasteiger partial charge in [-0.1, -0.05) is 0 Å². The first-order valence-electron chi connectivity index (χ1n) is 11.5. The number of nitrogens with one attached hydrogen (secondary N) is 3. The fourth-order valence-electron chi connectivity index (χ4n) is 4.76. The molecule has 0 bridgehead atoms. The minimum Gasteiger partial charge on any atom is -0.504 e. The summed E-state index contributed by atoms with van der Waals surface area (Å²) in [6.07, 6.45) is 5.20. The first kappa shape index (κ1) is 21.6. The van der Waals surface area contributed by atoms with Crippen LogP contribution < -0.4 is 15.5 Å². The van der Waals surface area contributed by atoms with E-state index in [0.717, 1.165) is 48.2 Å². The maximum Gasteiger partial charge on any atom is 0.191 e. The summed E-state index contributed by atoms with van der Waals surface area (Å²) < 4.78 is 14.6. The zero-order chi connectivity index (χ0) is 23.3. The van der Waals surface area contributed by atoms with Crippen molar-refractivity contribution in [3.8, 4) is 0 Å². The highest BCUT2D eigenvalue weighted by atomic mass is 19.1. The molecule has 172 valence electrons. The molecule has 2 aromatic rings. The second-order valence-corrected chi connectivity index (χ2v) is 9.27. The monoisotopic (exact) mass is 448 g/mol. The summed E-state index contributed by atoms with van der Waals surface area (Å²) in [4.78, 5) is 11.9. The number of aromatic nitrogens is 2. The van der Waals surface area contributed by atoms with Crippen molar-refractivity contribution in [2.24, 2.45) is 0 Å². The second kappa shape index (κ2) is 8.26. The van der Waals surface area contributed by atoms with Crippen molar-refractivity contribution < 1.29 is 9.50 Å². The lowest BCUT2D eigenvalue weighted by Gasteiger charge is -2.37. The van der Waals surface area contributed by atoms with Gasteiger partial charge in [0, 0.05) is 61.0 Å². The lowest BCUT2D eigenvalue weighted by atomic mass is 9.97. The van der Waals surface area contributed by atoms with Crippen LogP contribution in [0.5, 0.6) is 0 Å². The number of rotatable bonds is 4. The molecule has 1 saturated heterocycles. The third-order valence-electron chi connectivity index (χ3n) is 6.41. The van der Waals surface area contributed by atoms with Gasteiger partial charge in [0.25, 0.3) is 0 Å². The third-order valence-corrected chi connectivity index (χ3v) is 6.41. The lowest BCUT2D eigenvalue weighted by Crippen LogP contribution is -2.54. The number of fused-ring (bicyclic) bond motifs is 1. The summed E-state index contributed by atoms with van der Waals surface area (Å²) in [6, 6.07) is 7.06. The average molecular weight is 449 g/mol. The topological polar surface area (TPSA) is 97.2 Å². The van der Waals surface area contributed by atoms with E-state index >= 15 is 0 Å². The van der Waals surface area contributed by atoms with Gasteiger partial charge in [-0.15, -0.1) is 0 Å². The number of hydrogen-bond donors (Lipinski definition) is 4. The molecule has 33 heavy (non-hydrogen) atoms. The Kier molecular flexibility index (Phi) is 5.40. The molecule has 2 fully saturated rings. The molecule has 2 heterocycles. The summed E-state index contributed by atoms with van der Waals surface area (Å²) in [6.45, 7) is 6.26. The summed E-state index contributed by atoms with van der Waals surface area (Å²) in [5.74, 6) is -0.933. The number of hydrogen-bond acceptors (Lipinski definition) is 7. The summed E-state index contributed by atoms with van der Waals surface area (Å²) in [5.41, 5.74) is 3.04. The summed E-state index contributed by atoms with van der Waals surface area (Å²) in [5, 5.41) is 25.8. The molecule has 2 unspecified atom stereocenters. The fourth-order valence-corrected chi connectivity index (χ4v) is 4.76. The van der Waals surface area contributed by atoms with Crippen LogP contribution in [-0.2, 0) is 0 Å². The molecule has 0 spiro atoms. The highest BCUT2D eigenvalue weighted by Crippen LogP contribution is 2.43. The highest BCUT2D eigenvalue weighted by Gasteiger charge is 2.31. The molecule has 2 atom stereocenters. The fraction of sp³-hybridized carbons (Fsp3) is 0.400. The maximum atomic E-state index is 14.6. The number of halogens is 1. The second-order valence-electron chi connectivity index (χ2n) is 9.27. The Morgan fingerprint density at radius 1 is 1.21 bits per heavy atom. The van der Waals surface area contributed by atoms with Crippen LogP contribution >= 0.6 is 0 Å². The Morgan fingerprint density at radius 3 is 2.61 bits per heavy atom. The first-order valence-corrected chi connectivity index (χ1v) is 11.5. The van der Waals surface area contributed by atoms with Gasteiger partial charge in [0.2, 0.25) is 0 Å². The van der Waals surface area contributed by atoms with E-state index in [1.807, 2.05) is 6.07 Å². The predicted octanol–water partition coefficient (Wildman–Crippen LogP) is 3.95. The standard InChI is InChI=1S/C25H29FN6O/c1-13-11-32(12-14(2)29-13)17-6-7-20-18(9-17)23(15-4-5-15)31-25(30-20)19-8-16(10-28-3)22(27)21(26)24(19)33/h6-10,13-15,27-29,33H,4-5,11-12H2,1-3H3/b16-10-,27-22?. The molecule has 7 nitrogen and oxygen atoms in total. The van der Waals surface area contributed by atoms with Crippen molar-refractivity contribution in [2.45, 2.75) is 44.7 Å². The quantitative estimate of drug-likeness (QED) is 0.566. The van der Waals surface area contributed by atoms with Crippen molar-refractivity contribution >= 4 is 27.9 Å². The van der Waals surface area contributed by atoms with Gasteiger partial charge < -0.3 is 20.6 Å². The van der Waals surface area contributed by atoms with Crippen molar-refractivity contribution in [1.29, 1.82) is 5.41 Å². The Hall–Kier alpha value is -3.26. The number of nitrogens with zero attached hydrogens (tertiary/aromatic N) is 3. The molecule has 1 aromatic heterocycles. The van der Waals surface area contributed by atoms with Crippen molar-refractivity contribution in [1.82, 2.24) is 20.6 Å². The van der Waals surface area contributed by atoms with Crippen molar-refractivity contribution in [2.75, 3.05) is 25.0 Å². The Bertz CT molecular complexity index is 1220. The lowest BCUT2D eigenvalue weighted by molar-refractivity contribution is 0.407. The molecule has 3 aliphatic rings. The molecular weight excluding hydrogens is 419 g/mol. The zero-order valence-corrected chi connectivity index (χ0v) is 19.1. The van der Waals surface area contributed by atoms with Crippen LogP contribution in [-0.4, -0.2) is 53.0 Å². The Morgan fingerprint density at radius 2 is 1.94 bits per heavy atom. The number of anilines is 1. The minimum atomic E-state index is -0.969. The van der Waals surface area contributed by atoms with Crippen molar-refractivity contribution in [3.05, 3.63) is 59.2 Å². The van der Waals surface area contributed by atoms with Gasteiger partial charge in [-0.2, -0.15) is 0 Å². The van der Waals surface area contributed by atoms with E-state index in [0.29, 0.717) is 23.6 Å². The smallest absolute Gasteiger partial charge is 0.191 e. The molecule has 1 aliphatic heterocycles. The average Bonchev–Trinajstić information content (AvgIpc) is 3.63.